The first-order valence-corrected chi connectivity index (χ1v) is 5.89. The van der Waals surface area contributed by atoms with Gasteiger partial charge in [0.2, 0.25) is 0 Å². The molecule has 3 heteroatoms. The van der Waals surface area contributed by atoms with Crippen molar-refractivity contribution in [1.29, 1.82) is 0 Å². The molecular formula is C12H14N2S. The highest BCUT2D eigenvalue weighted by Crippen LogP contribution is 2.23. The van der Waals surface area contributed by atoms with Gasteiger partial charge in [-0.15, -0.1) is 17.9 Å². The van der Waals surface area contributed by atoms with E-state index in [-0.39, 0.29) is 6.04 Å². The lowest BCUT2D eigenvalue weighted by molar-refractivity contribution is 0.660. The fourth-order valence-electron chi connectivity index (χ4n) is 1.53. The minimum Gasteiger partial charge on any atom is -0.324 e. The number of aromatic nitrogens is 1. The lowest BCUT2D eigenvalue weighted by atomic mass is 10.1. The number of nitrogens with zero attached hydrogens (tertiary/aromatic N) is 1. The molecule has 0 bridgehead atoms. The number of allylic oxidation sites excluding steroid dienone is 1. The van der Waals surface area contributed by atoms with Crippen LogP contribution in [0.3, 0.4) is 0 Å². The maximum Gasteiger partial charge on any atom is 0.0809 e. The fourth-order valence-corrected chi connectivity index (χ4v) is 2.32. The first-order chi connectivity index (χ1) is 7.31. The molecule has 15 heavy (non-hydrogen) atoms. The number of nitrogens with two attached hydrogens (primary N) is 1. The van der Waals surface area contributed by atoms with Crippen LogP contribution < -0.4 is 5.73 Å². The van der Waals surface area contributed by atoms with E-state index in [2.05, 4.69) is 23.0 Å². The van der Waals surface area contributed by atoms with Crippen LogP contribution >= 0.6 is 11.3 Å². The van der Waals surface area contributed by atoms with Crippen LogP contribution in [0.15, 0.2) is 36.4 Å². The van der Waals surface area contributed by atoms with Crippen molar-refractivity contribution in [2.75, 3.05) is 0 Å². The van der Waals surface area contributed by atoms with Crippen LogP contribution in [-0.2, 0) is 0 Å². The molecule has 1 unspecified atom stereocenters. The van der Waals surface area contributed by atoms with E-state index < -0.39 is 0 Å². The van der Waals surface area contributed by atoms with Crippen molar-refractivity contribution >= 4 is 21.6 Å². The standard InChI is InChI=1S/C12H14N2S/c1-2-3-4-10(13)9-7-12-11(14-8-9)5-6-15-12/h2,5-8,10H,1,3-4,13H2. The van der Waals surface area contributed by atoms with Gasteiger partial charge in [0.05, 0.1) is 10.2 Å². The van der Waals surface area contributed by atoms with E-state index in [1.54, 1.807) is 11.3 Å². The number of pyridine rings is 1. The Balaban J connectivity index is 2.23. The van der Waals surface area contributed by atoms with E-state index in [1.807, 2.05) is 18.3 Å². The zero-order valence-corrected chi connectivity index (χ0v) is 9.33. The molecule has 0 aliphatic heterocycles. The summed E-state index contributed by atoms with van der Waals surface area (Å²) in [6, 6.07) is 4.24. The smallest absolute Gasteiger partial charge is 0.0809 e. The van der Waals surface area contributed by atoms with Gasteiger partial charge in [0, 0.05) is 12.2 Å². The summed E-state index contributed by atoms with van der Waals surface area (Å²) in [6.45, 7) is 3.70. The summed E-state index contributed by atoms with van der Waals surface area (Å²) in [5.74, 6) is 0. The lowest BCUT2D eigenvalue weighted by Gasteiger charge is -2.09. The van der Waals surface area contributed by atoms with Crippen molar-refractivity contribution < 1.29 is 0 Å². The van der Waals surface area contributed by atoms with Crippen molar-refractivity contribution in [3.8, 4) is 0 Å². The Hall–Kier alpha value is -1.19. The quantitative estimate of drug-likeness (QED) is 0.800. The van der Waals surface area contributed by atoms with E-state index in [4.69, 9.17) is 5.73 Å². The van der Waals surface area contributed by atoms with E-state index in [9.17, 15) is 0 Å². The first-order valence-electron chi connectivity index (χ1n) is 5.01. The molecule has 1 atom stereocenters. The van der Waals surface area contributed by atoms with Crippen molar-refractivity contribution in [1.82, 2.24) is 4.98 Å². The third-order valence-electron chi connectivity index (χ3n) is 2.43. The Bertz CT molecular complexity index is 461. The predicted octanol–water partition coefficient (Wildman–Crippen LogP) is 3.26. The second-order valence-electron chi connectivity index (χ2n) is 3.55. The maximum absolute atomic E-state index is 6.06. The molecule has 0 fully saturated rings. The maximum atomic E-state index is 6.06. The van der Waals surface area contributed by atoms with Crippen LogP contribution in [-0.4, -0.2) is 4.98 Å². The summed E-state index contributed by atoms with van der Waals surface area (Å²) < 4.78 is 1.21. The minimum absolute atomic E-state index is 0.0713. The third-order valence-corrected chi connectivity index (χ3v) is 3.29. The number of hydrogen-bond donors (Lipinski definition) is 1. The monoisotopic (exact) mass is 218 g/mol. The summed E-state index contributed by atoms with van der Waals surface area (Å²) >= 11 is 1.70. The second kappa shape index (κ2) is 4.55. The highest BCUT2D eigenvalue weighted by atomic mass is 32.1. The summed E-state index contributed by atoms with van der Waals surface area (Å²) in [7, 11) is 0. The number of hydrogen-bond acceptors (Lipinski definition) is 3. The summed E-state index contributed by atoms with van der Waals surface area (Å²) in [6.07, 6.45) is 5.66. The minimum atomic E-state index is 0.0713. The van der Waals surface area contributed by atoms with Gasteiger partial charge >= 0.3 is 0 Å². The molecular weight excluding hydrogens is 204 g/mol. The molecule has 2 rings (SSSR count). The van der Waals surface area contributed by atoms with Crippen LogP contribution in [0.1, 0.15) is 24.4 Å². The van der Waals surface area contributed by atoms with Gasteiger partial charge in [-0.3, -0.25) is 4.98 Å². The van der Waals surface area contributed by atoms with Gasteiger partial charge in [-0.2, -0.15) is 0 Å². The lowest BCUT2D eigenvalue weighted by Crippen LogP contribution is -2.09. The highest BCUT2D eigenvalue weighted by molar-refractivity contribution is 7.17. The van der Waals surface area contributed by atoms with Gasteiger partial charge in [0.1, 0.15) is 0 Å². The molecule has 0 saturated carbocycles. The zero-order chi connectivity index (χ0) is 10.7. The SMILES string of the molecule is C=CCCC(N)c1cnc2ccsc2c1. The molecule has 0 spiro atoms. The van der Waals surface area contributed by atoms with Gasteiger partial charge in [-0.05, 0) is 35.9 Å². The van der Waals surface area contributed by atoms with Crippen LogP contribution in [0.25, 0.3) is 10.2 Å². The highest BCUT2D eigenvalue weighted by Gasteiger charge is 2.06. The van der Waals surface area contributed by atoms with Gasteiger partial charge in [-0.1, -0.05) is 6.08 Å². The average Bonchev–Trinajstić information content (AvgIpc) is 2.72. The van der Waals surface area contributed by atoms with Crippen LogP contribution in [0.5, 0.6) is 0 Å². The van der Waals surface area contributed by atoms with Crippen LogP contribution in [0, 0.1) is 0 Å². The fraction of sp³-hybridized carbons (Fsp3) is 0.250. The molecule has 0 aliphatic carbocycles. The average molecular weight is 218 g/mol. The van der Waals surface area contributed by atoms with Gasteiger partial charge in [-0.25, -0.2) is 0 Å². The molecule has 2 aromatic heterocycles. The molecule has 2 nitrogen and oxygen atoms in total. The topological polar surface area (TPSA) is 38.9 Å². The molecule has 78 valence electrons. The van der Waals surface area contributed by atoms with Crippen LogP contribution in [0.2, 0.25) is 0 Å². The molecule has 0 aromatic carbocycles. The number of rotatable bonds is 4. The van der Waals surface area contributed by atoms with Crippen molar-refractivity contribution in [3.63, 3.8) is 0 Å². The van der Waals surface area contributed by atoms with Gasteiger partial charge < -0.3 is 5.73 Å². The third kappa shape index (κ3) is 2.25. The summed E-state index contributed by atoms with van der Waals surface area (Å²) in [4.78, 5) is 4.37. The zero-order valence-electron chi connectivity index (χ0n) is 8.52. The Morgan fingerprint density at radius 3 is 3.27 bits per heavy atom. The molecule has 0 aliphatic rings. The van der Waals surface area contributed by atoms with E-state index in [1.165, 1.54) is 4.70 Å². The van der Waals surface area contributed by atoms with E-state index in [0.717, 1.165) is 23.9 Å². The molecule has 0 saturated heterocycles. The molecule has 2 N–H and O–H groups in total. The van der Waals surface area contributed by atoms with Crippen molar-refractivity contribution in [2.45, 2.75) is 18.9 Å². The van der Waals surface area contributed by atoms with Crippen molar-refractivity contribution in [3.05, 3.63) is 41.9 Å². The second-order valence-corrected chi connectivity index (χ2v) is 4.49. The largest absolute Gasteiger partial charge is 0.324 e. The molecule has 2 heterocycles. The van der Waals surface area contributed by atoms with E-state index in [0.29, 0.717) is 0 Å². The molecule has 2 aromatic rings. The summed E-state index contributed by atoms with van der Waals surface area (Å²) in [5, 5.41) is 2.05. The van der Waals surface area contributed by atoms with E-state index >= 15 is 0 Å². The number of thiophene rings is 1. The Kier molecular flexibility index (Phi) is 3.14. The Labute approximate surface area is 93.4 Å². The first kappa shape index (κ1) is 10.3. The molecule has 0 amide bonds. The predicted molar refractivity (Wildman–Crippen MR) is 66.0 cm³/mol. The Morgan fingerprint density at radius 2 is 2.47 bits per heavy atom. The number of fused-ring (bicyclic) bond motifs is 1. The van der Waals surface area contributed by atoms with Gasteiger partial charge in [0.25, 0.3) is 0 Å². The van der Waals surface area contributed by atoms with Gasteiger partial charge in [0.15, 0.2) is 0 Å². The molecule has 0 radical (unpaired) electrons. The van der Waals surface area contributed by atoms with Crippen molar-refractivity contribution in [2.24, 2.45) is 5.73 Å². The summed E-state index contributed by atoms with van der Waals surface area (Å²) in [5.41, 5.74) is 8.23. The normalized spacial score (nSPS) is 12.9. The Morgan fingerprint density at radius 1 is 1.60 bits per heavy atom. The van der Waals surface area contributed by atoms with Crippen LogP contribution in [0.4, 0.5) is 0 Å².